The van der Waals surface area contributed by atoms with Gasteiger partial charge in [0.05, 0.1) is 0 Å². The molecule has 0 saturated carbocycles. The van der Waals surface area contributed by atoms with Crippen LogP contribution in [-0.2, 0) is 6.42 Å². The van der Waals surface area contributed by atoms with Crippen molar-refractivity contribution in [2.24, 2.45) is 0 Å². The summed E-state index contributed by atoms with van der Waals surface area (Å²) in [5.41, 5.74) is 0.491. The molecule has 0 amide bonds. The molecule has 0 saturated heterocycles. The second kappa shape index (κ2) is 5.73. The van der Waals surface area contributed by atoms with Gasteiger partial charge in [-0.25, -0.2) is 0 Å². The van der Waals surface area contributed by atoms with Crippen molar-refractivity contribution in [3.8, 4) is 5.75 Å². The average Bonchev–Trinajstić information content (AvgIpc) is 2.82. The molecule has 0 fully saturated rings. The van der Waals surface area contributed by atoms with Crippen LogP contribution in [-0.4, -0.2) is 12.4 Å². The molecule has 5 heteroatoms. The topological polar surface area (TPSA) is 26.3 Å². The summed E-state index contributed by atoms with van der Waals surface area (Å²) in [5.74, 6) is 0.0127. The molecule has 1 aromatic heterocycles. The second-order valence-electron chi connectivity index (χ2n) is 3.58. The van der Waals surface area contributed by atoms with E-state index in [4.69, 9.17) is 0 Å². The lowest BCUT2D eigenvalue weighted by Crippen LogP contribution is -2.04. The van der Waals surface area contributed by atoms with Crippen molar-refractivity contribution in [1.29, 1.82) is 0 Å². The zero-order valence-corrected chi connectivity index (χ0v) is 10.1. The molecule has 0 aliphatic carbocycles. The van der Waals surface area contributed by atoms with Crippen molar-refractivity contribution in [2.45, 2.75) is 13.0 Å². The molecule has 0 aliphatic rings. The molecule has 0 atom stereocenters. The van der Waals surface area contributed by atoms with E-state index in [-0.39, 0.29) is 11.5 Å². The predicted molar refractivity (Wildman–Crippen MR) is 65.4 cm³/mol. The first kappa shape index (κ1) is 12.7. The van der Waals surface area contributed by atoms with E-state index >= 15 is 0 Å². The summed E-state index contributed by atoms with van der Waals surface area (Å²) in [6, 6.07) is 9.49. The van der Waals surface area contributed by atoms with Crippen LogP contribution in [0.4, 0.5) is 8.78 Å². The van der Waals surface area contributed by atoms with Crippen LogP contribution in [0.15, 0.2) is 41.8 Å². The lowest BCUT2D eigenvalue weighted by atomic mass is 10.1. The number of alkyl halides is 2. The first-order chi connectivity index (χ1) is 8.65. The second-order valence-corrected chi connectivity index (χ2v) is 4.61. The van der Waals surface area contributed by atoms with Gasteiger partial charge in [0, 0.05) is 16.9 Å². The number of carbonyl (C=O) groups excluding carboxylic acids is 1. The summed E-state index contributed by atoms with van der Waals surface area (Å²) >= 11 is 1.51. The van der Waals surface area contributed by atoms with Gasteiger partial charge in [0.2, 0.25) is 0 Å². The van der Waals surface area contributed by atoms with E-state index in [1.165, 1.54) is 35.6 Å². The Balaban J connectivity index is 2.03. The molecule has 0 spiro atoms. The van der Waals surface area contributed by atoms with Crippen molar-refractivity contribution < 1.29 is 18.3 Å². The van der Waals surface area contributed by atoms with Crippen molar-refractivity contribution in [3.05, 3.63) is 52.2 Å². The third-order valence-electron chi connectivity index (χ3n) is 2.32. The van der Waals surface area contributed by atoms with Crippen molar-refractivity contribution in [2.75, 3.05) is 0 Å². The molecular formula is C13H10F2O2S. The summed E-state index contributed by atoms with van der Waals surface area (Å²) in [7, 11) is 0. The fourth-order valence-electron chi connectivity index (χ4n) is 1.50. The molecule has 0 bridgehead atoms. The number of Topliss-reactive ketones (excluding diaryl/α,β-unsaturated/α-hetero) is 1. The number of hydrogen-bond donors (Lipinski definition) is 0. The largest absolute Gasteiger partial charge is 0.435 e. The fraction of sp³-hybridized carbons (Fsp3) is 0.154. The molecule has 94 valence electrons. The van der Waals surface area contributed by atoms with Crippen LogP contribution in [0.3, 0.4) is 0 Å². The molecule has 2 nitrogen and oxygen atoms in total. The molecule has 0 aliphatic heterocycles. The maximum absolute atomic E-state index is 11.9. The molecule has 0 radical (unpaired) electrons. The number of thiophene rings is 1. The summed E-state index contributed by atoms with van der Waals surface area (Å²) < 4.78 is 28.1. The first-order valence-corrected chi connectivity index (χ1v) is 6.13. The number of hydrogen-bond acceptors (Lipinski definition) is 3. The van der Waals surface area contributed by atoms with Crippen LogP contribution in [0.2, 0.25) is 0 Å². The highest BCUT2D eigenvalue weighted by Crippen LogP contribution is 2.17. The minimum Gasteiger partial charge on any atom is -0.435 e. The Kier molecular flexibility index (Phi) is 4.04. The molecule has 2 aromatic rings. The van der Waals surface area contributed by atoms with Gasteiger partial charge in [-0.15, -0.1) is 11.3 Å². The Morgan fingerprint density at radius 3 is 2.50 bits per heavy atom. The van der Waals surface area contributed by atoms with E-state index in [1.54, 1.807) is 0 Å². The Hall–Kier alpha value is -1.75. The highest BCUT2D eigenvalue weighted by molar-refractivity contribution is 7.10. The van der Waals surface area contributed by atoms with Gasteiger partial charge >= 0.3 is 6.61 Å². The lowest BCUT2D eigenvalue weighted by molar-refractivity contribution is -0.0498. The summed E-state index contributed by atoms with van der Waals surface area (Å²) in [4.78, 5) is 12.8. The minimum absolute atomic E-state index is 0.0407. The molecule has 2 rings (SSSR count). The van der Waals surface area contributed by atoms with Gasteiger partial charge in [-0.3, -0.25) is 4.79 Å². The maximum atomic E-state index is 11.9. The lowest BCUT2D eigenvalue weighted by Gasteiger charge is -2.05. The Morgan fingerprint density at radius 2 is 1.94 bits per heavy atom. The Labute approximate surface area is 107 Å². The fourth-order valence-corrected chi connectivity index (χ4v) is 2.20. The van der Waals surface area contributed by atoms with Crippen LogP contribution < -0.4 is 4.74 Å². The third kappa shape index (κ3) is 3.37. The highest BCUT2D eigenvalue weighted by Gasteiger charge is 2.09. The van der Waals surface area contributed by atoms with Crippen LogP contribution >= 0.6 is 11.3 Å². The molecule has 0 unspecified atom stereocenters. The molecule has 1 aromatic carbocycles. The highest BCUT2D eigenvalue weighted by atomic mass is 32.1. The monoisotopic (exact) mass is 268 g/mol. The number of rotatable bonds is 5. The van der Waals surface area contributed by atoms with Crippen LogP contribution in [0.1, 0.15) is 15.2 Å². The van der Waals surface area contributed by atoms with Crippen molar-refractivity contribution >= 4 is 17.1 Å². The summed E-state index contributed by atoms with van der Waals surface area (Å²) in [6.07, 6.45) is 0.326. The van der Waals surface area contributed by atoms with Crippen LogP contribution in [0.5, 0.6) is 5.75 Å². The van der Waals surface area contributed by atoms with E-state index < -0.39 is 6.61 Å². The minimum atomic E-state index is -2.85. The number of ketones is 1. The zero-order valence-electron chi connectivity index (χ0n) is 9.31. The summed E-state index contributed by atoms with van der Waals surface area (Å²) in [6.45, 7) is -2.85. The number of ether oxygens (including phenoxy) is 1. The summed E-state index contributed by atoms with van der Waals surface area (Å²) in [5, 5.41) is 1.90. The van der Waals surface area contributed by atoms with E-state index in [1.807, 2.05) is 17.5 Å². The van der Waals surface area contributed by atoms with Gasteiger partial charge in [0.25, 0.3) is 0 Å². The van der Waals surface area contributed by atoms with Crippen LogP contribution in [0.25, 0.3) is 0 Å². The van der Waals surface area contributed by atoms with Gasteiger partial charge in [0.15, 0.2) is 5.78 Å². The molecule has 0 N–H and O–H groups in total. The van der Waals surface area contributed by atoms with E-state index in [2.05, 4.69) is 4.74 Å². The average molecular weight is 268 g/mol. The van der Waals surface area contributed by atoms with Crippen molar-refractivity contribution in [3.63, 3.8) is 0 Å². The van der Waals surface area contributed by atoms with Gasteiger partial charge in [0.1, 0.15) is 5.75 Å². The van der Waals surface area contributed by atoms with Gasteiger partial charge < -0.3 is 4.74 Å². The van der Waals surface area contributed by atoms with E-state index in [0.717, 1.165) is 4.88 Å². The predicted octanol–water partition coefficient (Wildman–Crippen LogP) is 3.77. The standard InChI is InChI=1S/C13H10F2O2S/c14-13(15)17-10-5-3-9(4-6-10)12(16)8-11-2-1-7-18-11/h1-7,13H,8H2. The van der Waals surface area contributed by atoms with Crippen molar-refractivity contribution in [1.82, 2.24) is 0 Å². The molecule has 18 heavy (non-hydrogen) atoms. The number of benzene rings is 1. The molecular weight excluding hydrogens is 258 g/mol. The van der Waals surface area contributed by atoms with Gasteiger partial charge in [-0.2, -0.15) is 8.78 Å². The van der Waals surface area contributed by atoms with Gasteiger partial charge in [-0.05, 0) is 35.7 Å². The van der Waals surface area contributed by atoms with E-state index in [0.29, 0.717) is 12.0 Å². The Bertz CT molecular complexity index is 506. The molecule has 1 heterocycles. The smallest absolute Gasteiger partial charge is 0.387 e. The quantitative estimate of drug-likeness (QED) is 0.771. The first-order valence-electron chi connectivity index (χ1n) is 5.25. The zero-order chi connectivity index (χ0) is 13.0. The number of halogens is 2. The van der Waals surface area contributed by atoms with E-state index in [9.17, 15) is 13.6 Å². The van der Waals surface area contributed by atoms with Crippen LogP contribution in [0, 0.1) is 0 Å². The Morgan fingerprint density at radius 1 is 1.22 bits per heavy atom. The third-order valence-corrected chi connectivity index (χ3v) is 3.19. The maximum Gasteiger partial charge on any atom is 0.387 e. The SMILES string of the molecule is O=C(Cc1cccs1)c1ccc(OC(F)F)cc1. The van der Waals surface area contributed by atoms with Gasteiger partial charge in [-0.1, -0.05) is 6.07 Å². The number of carbonyl (C=O) groups is 1. The normalized spacial score (nSPS) is 10.6.